The van der Waals surface area contributed by atoms with E-state index in [1.807, 2.05) is 30.3 Å². The summed E-state index contributed by atoms with van der Waals surface area (Å²) in [7, 11) is 1.24. The molecule has 1 heterocycles. The summed E-state index contributed by atoms with van der Waals surface area (Å²) < 4.78 is 10.0. The van der Waals surface area contributed by atoms with Gasteiger partial charge in [0, 0.05) is 5.92 Å². The summed E-state index contributed by atoms with van der Waals surface area (Å²) in [6.07, 6.45) is -0.106. The third-order valence-electron chi connectivity index (χ3n) is 3.79. The first-order chi connectivity index (χ1) is 11.2. The zero-order valence-corrected chi connectivity index (χ0v) is 14.4. The summed E-state index contributed by atoms with van der Waals surface area (Å²) in [5.74, 6) is -1.46. The van der Waals surface area contributed by atoms with Gasteiger partial charge in [-0.25, -0.2) is 14.5 Å². The van der Waals surface area contributed by atoms with Crippen molar-refractivity contribution >= 4 is 18.0 Å². The third kappa shape index (κ3) is 4.13. The maximum Gasteiger partial charge on any atom is 0.417 e. The highest BCUT2D eigenvalue weighted by molar-refractivity contribution is 6.00. The van der Waals surface area contributed by atoms with Crippen molar-refractivity contribution < 1.29 is 23.9 Å². The largest absolute Gasteiger partial charge is 0.467 e. The molecule has 130 valence electrons. The summed E-state index contributed by atoms with van der Waals surface area (Å²) >= 11 is 0. The average molecular weight is 333 g/mol. The van der Waals surface area contributed by atoms with Gasteiger partial charge in [0.15, 0.2) is 0 Å². The molecular formula is C18H23NO5. The smallest absolute Gasteiger partial charge is 0.417 e. The Hall–Kier alpha value is -2.37. The van der Waals surface area contributed by atoms with Crippen molar-refractivity contribution in [3.8, 4) is 0 Å². The van der Waals surface area contributed by atoms with Crippen molar-refractivity contribution in [2.75, 3.05) is 7.11 Å². The standard InChI is InChI=1S/C18H23NO5/c1-18(2,3)24-17(22)19-14(16(21)23-4)11-13(15(19)20)10-12-8-6-5-7-9-12/h5-9,13-14H,10-11H2,1-4H3/t13-,14-/m0/s1. The molecule has 24 heavy (non-hydrogen) atoms. The molecule has 0 N–H and O–H groups in total. The maximum atomic E-state index is 12.7. The molecule has 0 spiro atoms. The van der Waals surface area contributed by atoms with E-state index >= 15 is 0 Å². The lowest BCUT2D eigenvalue weighted by molar-refractivity contribution is -0.148. The predicted molar refractivity (Wildman–Crippen MR) is 87.1 cm³/mol. The Bertz CT molecular complexity index is 620. The summed E-state index contributed by atoms with van der Waals surface area (Å²) in [4.78, 5) is 38.0. The van der Waals surface area contributed by atoms with Crippen LogP contribution in [0.2, 0.25) is 0 Å². The Morgan fingerprint density at radius 3 is 2.38 bits per heavy atom. The van der Waals surface area contributed by atoms with Crippen molar-refractivity contribution in [3.63, 3.8) is 0 Å². The van der Waals surface area contributed by atoms with Gasteiger partial charge in [-0.05, 0) is 39.2 Å². The number of hydrogen-bond acceptors (Lipinski definition) is 5. The number of imide groups is 1. The number of benzene rings is 1. The Balaban J connectivity index is 2.21. The quantitative estimate of drug-likeness (QED) is 0.795. The van der Waals surface area contributed by atoms with Crippen molar-refractivity contribution in [1.82, 2.24) is 4.90 Å². The molecule has 0 aromatic heterocycles. The SMILES string of the molecule is COC(=O)[C@@H]1C[C@H](Cc2ccccc2)C(=O)N1C(=O)OC(C)(C)C. The molecule has 1 aromatic rings. The predicted octanol–water partition coefficient (Wildman–Crippen LogP) is 2.55. The molecule has 6 heteroatoms. The van der Waals surface area contributed by atoms with Crippen LogP contribution in [0.15, 0.2) is 30.3 Å². The molecule has 1 aliphatic heterocycles. The van der Waals surface area contributed by atoms with Crippen molar-refractivity contribution in [2.45, 2.75) is 45.3 Å². The second-order valence-electron chi connectivity index (χ2n) is 6.85. The highest BCUT2D eigenvalue weighted by Crippen LogP contribution is 2.30. The van der Waals surface area contributed by atoms with E-state index in [-0.39, 0.29) is 6.42 Å². The maximum absolute atomic E-state index is 12.7. The number of nitrogens with zero attached hydrogens (tertiary/aromatic N) is 1. The number of esters is 1. The van der Waals surface area contributed by atoms with Crippen LogP contribution in [-0.2, 0) is 25.5 Å². The van der Waals surface area contributed by atoms with Crippen LogP contribution in [0.1, 0.15) is 32.8 Å². The van der Waals surface area contributed by atoms with E-state index in [4.69, 9.17) is 9.47 Å². The number of amides is 2. The topological polar surface area (TPSA) is 72.9 Å². The van der Waals surface area contributed by atoms with Gasteiger partial charge in [0.1, 0.15) is 11.6 Å². The molecule has 0 saturated carbocycles. The van der Waals surface area contributed by atoms with Crippen LogP contribution in [0.4, 0.5) is 4.79 Å². The molecule has 0 unspecified atom stereocenters. The summed E-state index contributed by atoms with van der Waals surface area (Å²) in [6, 6.07) is 8.55. The van der Waals surface area contributed by atoms with E-state index in [0.717, 1.165) is 10.5 Å². The fraction of sp³-hybridized carbons (Fsp3) is 0.500. The number of hydrogen-bond donors (Lipinski definition) is 0. The second-order valence-corrected chi connectivity index (χ2v) is 6.85. The molecule has 6 nitrogen and oxygen atoms in total. The first-order valence-electron chi connectivity index (χ1n) is 7.90. The molecule has 0 aliphatic carbocycles. The van der Waals surface area contributed by atoms with Crippen LogP contribution in [0.5, 0.6) is 0 Å². The zero-order valence-electron chi connectivity index (χ0n) is 14.4. The minimum absolute atomic E-state index is 0.236. The van der Waals surface area contributed by atoms with Crippen LogP contribution >= 0.6 is 0 Å². The molecule has 0 bridgehead atoms. The van der Waals surface area contributed by atoms with Crippen LogP contribution in [0.25, 0.3) is 0 Å². The highest BCUT2D eigenvalue weighted by atomic mass is 16.6. The minimum Gasteiger partial charge on any atom is -0.467 e. The van der Waals surface area contributed by atoms with E-state index in [1.54, 1.807) is 20.8 Å². The van der Waals surface area contributed by atoms with E-state index in [9.17, 15) is 14.4 Å². The van der Waals surface area contributed by atoms with Crippen LogP contribution < -0.4 is 0 Å². The summed E-state index contributed by atoms with van der Waals surface area (Å²) in [5.41, 5.74) is 0.223. The summed E-state index contributed by atoms with van der Waals surface area (Å²) in [5, 5.41) is 0. The molecule has 2 atom stereocenters. The molecular weight excluding hydrogens is 310 g/mol. The monoisotopic (exact) mass is 333 g/mol. The lowest BCUT2D eigenvalue weighted by Gasteiger charge is -2.26. The zero-order chi connectivity index (χ0) is 17.9. The first-order valence-corrected chi connectivity index (χ1v) is 7.90. The van der Waals surface area contributed by atoms with E-state index in [2.05, 4.69) is 0 Å². The molecule has 2 rings (SSSR count). The minimum atomic E-state index is -0.939. The number of likely N-dealkylation sites (tertiary alicyclic amines) is 1. The Kier molecular flexibility index (Phi) is 5.26. The van der Waals surface area contributed by atoms with Crippen molar-refractivity contribution in [1.29, 1.82) is 0 Å². The van der Waals surface area contributed by atoms with Gasteiger partial charge < -0.3 is 9.47 Å². The van der Waals surface area contributed by atoms with Crippen LogP contribution in [0, 0.1) is 5.92 Å². The van der Waals surface area contributed by atoms with Gasteiger partial charge in [0.05, 0.1) is 7.11 Å². The highest BCUT2D eigenvalue weighted by Gasteiger charge is 2.48. The van der Waals surface area contributed by atoms with Gasteiger partial charge >= 0.3 is 12.1 Å². The molecule has 1 saturated heterocycles. The molecule has 1 aromatic carbocycles. The van der Waals surface area contributed by atoms with Crippen molar-refractivity contribution in [2.24, 2.45) is 5.92 Å². The lowest BCUT2D eigenvalue weighted by atomic mass is 9.96. The molecule has 0 radical (unpaired) electrons. The van der Waals surface area contributed by atoms with Crippen molar-refractivity contribution in [3.05, 3.63) is 35.9 Å². The number of rotatable bonds is 3. The van der Waals surface area contributed by atoms with Gasteiger partial charge in [-0.2, -0.15) is 0 Å². The Morgan fingerprint density at radius 2 is 1.83 bits per heavy atom. The third-order valence-corrected chi connectivity index (χ3v) is 3.79. The normalized spacial score (nSPS) is 20.8. The van der Waals surface area contributed by atoms with Gasteiger partial charge in [-0.3, -0.25) is 4.79 Å². The van der Waals surface area contributed by atoms with Gasteiger partial charge in [-0.15, -0.1) is 0 Å². The number of carbonyl (C=O) groups excluding carboxylic acids is 3. The lowest BCUT2D eigenvalue weighted by Crippen LogP contribution is -2.46. The van der Waals surface area contributed by atoms with E-state index in [1.165, 1.54) is 7.11 Å². The Labute approximate surface area is 141 Å². The first kappa shape index (κ1) is 18.0. The fourth-order valence-electron chi connectivity index (χ4n) is 2.76. The Morgan fingerprint density at radius 1 is 1.21 bits per heavy atom. The number of methoxy groups -OCH3 is 1. The second kappa shape index (κ2) is 7.03. The fourth-order valence-corrected chi connectivity index (χ4v) is 2.76. The van der Waals surface area contributed by atoms with E-state index in [0.29, 0.717) is 6.42 Å². The molecule has 1 aliphatic rings. The molecule has 1 fully saturated rings. The van der Waals surface area contributed by atoms with Gasteiger partial charge in [-0.1, -0.05) is 30.3 Å². The molecule has 2 amide bonds. The number of ether oxygens (including phenoxy) is 2. The average Bonchev–Trinajstić information content (AvgIpc) is 2.83. The van der Waals surface area contributed by atoms with E-state index < -0.39 is 35.5 Å². The summed E-state index contributed by atoms with van der Waals surface area (Å²) in [6.45, 7) is 5.13. The van der Waals surface area contributed by atoms with Gasteiger partial charge in [0.25, 0.3) is 0 Å². The number of carbonyl (C=O) groups is 3. The van der Waals surface area contributed by atoms with Crippen LogP contribution in [-0.4, -0.2) is 41.6 Å². The van der Waals surface area contributed by atoms with Crippen LogP contribution in [0.3, 0.4) is 0 Å². The van der Waals surface area contributed by atoms with Gasteiger partial charge in [0.2, 0.25) is 5.91 Å².